The van der Waals surface area contributed by atoms with E-state index in [2.05, 4.69) is 32.1 Å². The van der Waals surface area contributed by atoms with Gasteiger partial charge in [0, 0.05) is 5.92 Å². The summed E-state index contributed by atoms with van der Waals surface area (Å²) >= 11 is 0. The van der Waals surface area contributed by atoms with Gasteiger partial charge in [-0.1, -0.05) is 12.2 Å². The summed E-state index contributed by atoms with van der Waals surface area (Å²) in [6.07, 6.45) is 9.51. The second-order valence-corrected chi connectivity index (χ2v) is 4.42. The molecule has 6 heteroatoms. The molecule has 0 aromatic carbocycles. The predicted octanol–water partition coefficient (Wildman–Crippen LogP) is 1.67. The maximum absolute atomic E-state index is 5.73. The van der Waals surface area contributed by atoms with Gasteiger partial charge in [-0.05, 0) is 19.3 Å². The van der Waals surface area contributed by atoms with Crippen molar-refractivity contribution in [3.8, 4) is 5.88 Å². The van der Waals surface area contributed by atoms with E-state index in [0.717, 1.165) is 6.42 Å². The van der Waals surface area contributed by atoms with E-state index in [0.29, 0.717) is 29.6 Å². The first-order valence-corrected chi connectivity index (χ1v) is 6.09. The summed E-state index contributed by atoms with van der Waals surface area (Å²) in [5.74, 6) is 1.10. The van der Waals surface area contributed by atoms with Crippen molar-refractivity contribution in [2.45, 2.75) is 19.3 Å². The Morgan fingerprint density at radius 3 is 3.22 bits per heavy atom. The highest BCUT2D eigenvalue weighted by molar-refractivity contribution is 5.76. The highest BCUT2D eigenvalue weighted by atomic mass is 16.5. The number of ether oxygens (including phenoxy) is 1. The van der Waals surface area contributed by atoms with Gasteiger partial charge in [-0.25, -0.2) is 4.98 Å². The molecule has 0 spiro atoms. The lowest BCUT2D eigenvalue weighted by Gasteiger charge is -2.16. The van der Waals surface area contributed by atoms with E-state index in [-0.39, 0.29) is 5.95 Å². The average molecular weight is 245 g/mol. The van der Waals surface area contributed by atoms with Crippen LogP contribution in [-0.2, 0) is 0 Å². The Balaban J connectivity index is 1.79. The second-order valence-electron chi connectivity index (χ2n) is 4.42. The molecular weight excluding hydrogens is 230 g/mol. The number of nitrogens with zero attached hydrogens (tertiary/aromatic N) is 3. The number of hydrogen-bond acceptors (Lipinski definition) is 5. The van der Waals surface area contributed by atoms with Gasteiger partial charge in [0.1, 0.15) is 0 Å². The van der Waals surface area contributed by atoms with E-state index in [4.69, 9.17) is 10.5 Å². The van der Waals surface area contributed by atoms with Gasteiger partial charge in [0.25, 0.3) is 0 Å². The summed E-state index contributed by atoms with van der Waals surface area (Å²) in [6, 6.07) is 0. The minimum Gasteiger partial charge on any atom is -0.475 e. The van der Waals surface area contributed by atoms with Crippen LogP contribution in [0.15, 0.2) is 18.5 Å². The van der Waals surface area contributed by atoms with Gasteiger partial charge in [0.15, 0.2) is 11.2 Å². The number of nitrogens with one attached hydrogen (secondary N) is 1. The van der Waals surface area contributed by atoms with Crippen molar-refractivity contribution in [2.24, 2.45) is 5.92 Å². The molecule has 0 radical (unpaired) electrons. The minimum absolute atomic E-state index is 0.195. The van der Waals surface area contributed by atoms with Crippen molar-refractivity contribution in [1.82, 2.24) is 19.9 Å². The molecular formula is C12H15N5O. The maximum Gasteiger partial charge on any atom is 0.247 e. The van der Waals surface area contributed by atoms with Crippen molar-refractivity contribution in [1.29, 1.82) is 0 Å². The molecule has 2 aromatic rings. The molecule has 1 aliphatic carbocycles. The summed E-state index contributed by atoms with van der Waals surface area (Å²) < 4.78 is 5.73. The Kier molecular flexibility index (Phi) is 2.84. The maximum atomic E-state index is 5.73. The van der Waals surface area contributed by atoms with E-state index >= 15 is 0 Å². The molecule has 2 aromatic heterocycles. The van der Waals surface area contributed by atoms with Crippen LogP contribution in [0.5, 0.6) is 5.88 Å². The standard InChI is InChI=1S/C12H15N5O/c13-12-16-10-9(14-7-15-10)11(17-12)18-6-8-4-2-1-3-5-8/h2,4,7-8H,1,3,5-6H2,(H3,13,14,15,16,17). The highest BCUT2D eigenvalue weighted by Crippen LogP contribution is 2.22. The Morgan fingerprint density at radius 2 is 2.39 bits per heavy atom. The lowest BCUT2D eigenvalue weighted by atomic mass is 9.97. The number of hydrogen-bond donors (Lipinski definition) is 2. The normalized spacial score (nSPS) is 19.2. The van der Waals surface area contributed by atoms with Gasteiger partial charge in [0.2, 0.25) is 11.8 Å². The fourth-order valence-corrected chi connectivity index (χ4v) is 2.13. The molecule has 0 fully saturated rings. The van der Waals surface area contributed by atoms with E-state index in [1.54, 1.807) is 6.33 Å². The number of aromatic nitrogens is 4. The van der Waals surface area contributed by atoms with Crippen LogP contribution in [0.2, 0.25) is 0 Å². The molecule has 1 unspecified atom stereocenters. The molecule has 1 aliphatic rings. The zero-order chi connectivity index (χ0) is 12.4. The van der Waals surface area contributed by atoms with Crippen LogP contribution < -0.4 is 10.5 Å². The first kappa shape index (κ1) is 11.0. The van der Waals surface area contributed by atoms with Crippen molar-refractivity contribution in [2.75, 3.05) is 12.3 Å². The van der Waals surface area contributed by atoms with Crippen molar-refractivity contribution in [3.63, 3.8) is 0 Å². The number of nitrogens with two attached hydrogens (primary N) is 1. The van der Waals surface area contributed by atoms with Crippen LogP contribution in [0.4, 0.5) is 5.95 Å². The third-order valence-corrected chi connectivity index (χ3v) is 3.05. The van der Waals surface area contributed by atoms with Crippen LogP contribution in [0.25, 0.3) is 11.2 Å². The summed E-state index contributed by atoms with van der Waals surface area (Å²) in [4.78, 5) is 15.2. The molecule has 0 saturated carbocycles. The number of imidazole rings is 1. The Bertz CT molecular complexity index is 577. The van der Waals surface area contributed by atoms with E-state index in [1.807, 2.05) is 0 Å². The first-order valence-electron chi connectivity index (χ1n) is 6.09. The molecule has 2 heterocycles. The summed E-state index contributed by atoms with van der Waals surface area (Å²) in [5.41, 5.74) is 6.87. The number of aromatic amines is 1. The van der Waals surface area contributed by atoms with Gasteiger partial charge < -0.3 is 15.5 Å². The zero-order valence-electron chi connectivity index (χ0n) is 9.97. The average Bonchev–Trinajstić information content (AvgIpc) is 2.85. The third-order valence-electron chi connectivity index (χ3n) is 3.05. The second kappa shape index (κ2) is 4.64. The quantitative estimate of drug-likeness (QED) is 0.803. The highest BCUT2D eigenvalue weighted by Gasteiger charge is 2.13. The molecule has 18 heavy (non-hydrogen) atoms. The van der Waals surface area contributed by atoms with Gasteiger partial charge in [0.05, 0.1) is 12.9 Å². The van der Waals surface area contributed by atoms with Crippen LogP contribution >= 0.6 is 0 Å². The summed E-state index contributed by atoms with van der Waals surface area (Å²) in [7, 11) is 0. The topological polar surface area (TPSA) is 89.7 Å². The van der Waals surface area contributed by atoms with Crippen LogP contribution in [0.3, 0.4) is 0 Å². The SMILES string of the molecule is Nc1nc(OCC2C=CCCC2)c2nc[nH]c2n1. The fraction of sp³-hybridized carbons (Fsp3) is 0.417. The smallest absolute Gasteiger partial charge is 0.247 e. The lowest BCUT2D eigenvalue weighted by molar-refractivity contribution is 0.257. The van der Waals surface area contributed by atoms with Crippen LogP contribution in [-0.4, -0.2) is 26.5 Å². The summed E-state index contributed by atoms with van der Waals surface area (Å²) in [6.45, 7) is 0.606. The lowest BCUT2D eigenvalue weighted by Crippen LogP contribution is -2.13. The van der Waals surface area contributed by atoms with Gasteiger partial charge in [-0.2, -0.15) is 9.97 Å². The zero-order valence-corrected chi connectivity index (χ0v) is 9.97. The molecule has 3 rings (SSSR count). The largest absolute Gasteiger partial charge is 0.475 e. The molecule has 1 atom stereocenters. The Labute approximate surface area is 104 Å². The van der Waals surface area contributed by atoms with Crippen molar-refractivity contribution >= 4 is 17.1 Å². The monoisotopic (exact) mass is 245 g/mol. The van der Waals surface area contributed by atoms with E-state index in [1.165, 1.54) is 12.8 Å². The minimum atomic E-state index is 0.195. The van der Waals surface area contributed by atoms with E-state index < -0.39 is 0 Å². The van der Waals surface area contributed by atoms with Crippen LogP contribution in [0.1, 0.15) is 19.3 Å². The van der Waals surface area contributed by atoms with Gasteiger partial charge in [-0.3, -0.25) is 0 Å². The van der Waals surface area contributed by atoms with Crippen LogP contribution in [0, 0.1) is 5.92 Å². The van der Waals surface area contributed by atoms with E-state index in [9.17, 15) is 0 Å². The molecule has 0 aliphatic heterocycles. The number of allylic oxidation sites excluding steroid dienone is 1. The Morgan fingerprint density at radius 1 is 1.44 bits per heavy atom. The van der Waals surface area contributed by atoms with Crippen molar-refractivity contribution < 1.29 is 4.74 Å². The van der Waals surface area contributed by atoms with Gasteiger partial charge >= 0.3 is 0 Å². The summed E-state index contributed by atoms with van der Waals surface area (Å²) in [5, 5.41) is 0. The Hall–Kier alpha value is -2.11. The van der Waals surface area contributed by atoms with Gasteiger partial charge in [-0.15, -0.1) is 0 Å². The van der Waals surface area contributed by atoms with Crippen molar-refractivity contribution in [3.05, 3.63) is 18.5 Å². The molecule has 6 nitrogen and oxygen atoms in total. The molecule has 3 N–H and O–H groups in total. The number of anilines is 1. The predicted molar refractivity (Wildman–Crippen MR) is 68.1 cm³/mol. The number of rotatable bonds is 3. The number of fused-ring (bicyclic) bond motifs is 1. The molecule has 0 amide bonds. The number of nitrogen functional groups attached to an aromatic ring is 1. The third kappa shape index (κ3) is 2.13. The first-order chi connectivity index (χ1) is 8.83. The molecule has 94 valence electrons. The fourth-order valence-electron chi connectivity index (χ4n) is 2.13. The molecule has 0 saturated heterocycles. The molecule has 0 bridgehead atoms. The number of H-pyrrole nitrogens is 1.